The number of hydrogen-bond donors (Lipinski definition) is 0. The molecule has 0 radical (unpaired) electrons. The Labute approximate surface area is 118 Å². The lowest BCUT2D eigenvalue weighted by molar-refractivity contribution is -0.140. The van der Waals surface area contributed by atoms with E-state index in [1.165, 1.54) is 0 Å². The largest absolute Gasteiger partial charge is 0.439 e. The van der Waals surface area contributed by atoms with E-state index in [9.17, 15) is 9.59 Å². The minimum absolute atomic E-state index is 0.347. The fourth-order valence-electron chi connectivity index (χ4n) is 2.36. The Morgan fingerprint density at radius 2 is 2.05 bits per heavy atom. The smallest absolute Gasteiger partial charge is 0.417 e. The predicted octanol–water partition coefficient (Wildman–Crippen LogP) is 2.52. The maximum Gasteiger partial charge on any atom is 0.417 e. The molecule has 1 aliphatic heterocycles. The highest BCUT2D eigenvalue weighted by atomic mass is 16.6. The Morgan fingerprint density at radius 1 is 1.40 bits per heavy atom. The van der Waals surface area contributed by atoms with Gasteiger partial charge >= 0.3 is 6.09 Å². The molecule has 20 heavy (non-hydrogen) atoms. The number of cyclic esters (lactones) is 1. The van der Waals surface area contributed by atoms with Gasteiger partial charge in [0, 0.05) is 6.61 Å². The molecule has 2 amide bonds. The molecule has 1 heterocycles. The second-order valence-electron chi connectivity index (χ2n) is 4.76. The van der Waals surface area contributed by atoms with Gasteiger partial charge in [-0.1, -0.05) is 30.3 Å². The molecule has 0 spiro atoms. The first-order valence-electron chi connectivity index (χ1n) is 6.76. The van der Waals surface area contributed by atoms with Crippen LogP contribution in [0.3, 0.4) is 0 Å². The van der Waals surface area contributed by atoms with Gasteiger partial charge in [-0.05, 0) is 26.3 Å². The second kappa shape index (κ2) is 6.05. The molecule has 0 bridgehead atoms. The van der Waals surface area contributed by atoms with E-state index in [1.807, 2.05) is 37.3 Å². The van der Waals surface area contributed by atoms with Crippen molar-refractivity contribution in [2.24, 2.45) is 0 Å². The van der Waals surface area contributed by atoms with Gasteiger partial charge in [-0.2, -0.15) is 0 Å². The summed E-state index contributed by atoms with van der Waals surface area (Å²) in [4.78, 5) is 25.3. The minimum atomic E-state index is -0.649. The first kappa shape index (κ1) is 14.5. The first-order valence-corrected chi connectivity index (χ1v) is 6.76. The Balaban J connectivity index is 2.17. The second-order valence-corrected chi connectivity index (χ2v) is 4.76. The molecule has 0 aromatic heterocycles. The summed E-state index contributed by atoms with van der Waals surface area (Å²) in [5, 5.41) is 0. The van der Waals surface area contributed by atoms with Gasteiger partial charge in [0.25, 0.3) is 5.91 Å². The molecule has 5 heteroatoms. The van der Waals surface area contributed by atoms with Crippen molar-refractivity contribution in [1.29, 1.82) is 0 Å². The highest BCUT2D eigenvalue weighted by Crippen LogP contribution is 2.32. The van der Waals surface area contributed by atoms with Crippen molar-refractivity contribution in [2.75, 3.05) is 6.61 Å². The van der Waals surface area contributed by atoms with E-state index in [2.05, 4.69) is 0 Å². The van der Waals surface area contributed by atoms with Crippen LogP contribution in [0, 0.1) is 0 Å². The third-order valence-corrected chi connectivity index (χ3v) is 3.40. The molecule has 1 aliphatic rings. The highest BCUT2D eigenvalue weighted by molar-refractivity contribution is 5.96. The quantitative estimate of drug-likeness (QED) is 0.848. The van der Waals surface area contributed by atoms with Crippen molar-refractivity contribution >= 4 is 12.0 Å². The van der Waals surface area contributed by atoms with E-state index in [-0.39, 0.29) is 11.9 Å². The zero-order chi connectivity index (χ0) is 14.7. The van der Waals surface area contributed by atoms with Crippen molar-refractivity contribution < 1.29 is 19.1 Å². The number of amides is 2. The number of hydrogen-bond acceptors (Lipinski definition) is 4. The van der Waals surface area contributed by atoms with Gasteiger partial charge < -0.3 is 9.47 Å². The summed E-state index contributed by atoms with van der Waals surface area (Å²) in [6.45, 7) is 5.68. The lowest BCUT2D eigenvalue weighted by Gasteiger charge is -2.22. The van der Waals surface area contributed by atoms with Crippen LogP contribution in [-0.2, 0) is 14.3 Å². The molecule has 0 aliphatic carbocycles. The molecule has 1 fully saturated rings. The Morgan fingerprint density at radius 3 is 2.65 bits per heavy atom. The Kier molecular flexibility index (Phi) is 4.39. The third-order valence-electron chi connectivity index (χ3n) is 3.40. The summed E-state index contributed by atoms with van der Waals surface area (Å²) >= 11 is 0. The van der Waals surface area contributed by atoms with Crippen LogP contribution < -0.4 is 0 Å². The summed E-state index contributed by atoms with van der Waals surface area (Å²) in [6, 6.07) is 9.07. The van der Waals surface area contributed by atoms with Gasteiger partial charge in [0.2, 0.25) is 0 Å². The normalized spacial score (nSPS) is 23.6. The van der Waals surface area contributed by atoms with E-state index in [1.54, 1.807) is 13.8 Å². The first-order chi connectivity index (χ1) is 9.56. The van der Waals surface area contributed by atoms with Gasteiger partial charge in [-0.3, -0.25) is 4.79 Å². The van der Waals surface area contributed by atoms with E-state index >= 15 is 0 Å². The summed E-state index contributed by atoms with van der Waals surface area (Å²) in [7, 11) is 0. The molecular weight excluding hydrogens is 258 g/mol. The maximum atomic E-state index is 12.2. The van der Waals surface area contributed by atoms with Crippen LogP contribution in [0.5, 0.6) is 0 Å². The summed E-state index contributed by atoms with van der Waals surface area (Å²) in [6.07, 6.45) is -1.69. The lowest BCUT2D eigenvalue weighted by atomic mass is 10.0. The molecule has 1 unspecified atom stereocenters. The molecule has 5 nitrogen and oxygen atoms in total. The van der Waals surface area contributed by atoms with Gasteiger partial charge in [-0.15, -0.1) is 0 Å². The summed E-state index contributed by atoms with van der Waals surface area (Å²) < 4.78 is 10.6. The number of rotatable bonds is 4. The van der Waals surface area contributed by atoms with Gasteiger partial charge in [0.05, 0.1) is 6.04 Å². The van der Waals surface area contributed by atoms with Crippen LogP contribution in [0.25, 0.3) is 0 Å². The van der Waals surface area contributed by atoms with E-state index in [0.29, 0.717) is 6.61 Å². The number of ether oxygens (including phenoxy) is 2. The lowest BCUT2D eigenvalue weighted by Crippen LogP contribution is -2.43. The van der Waals surface area contributed by atoms with Crippen molar-refractivity contribution in [1.82, 2.24) is 4.90 Å². The minimum Gasteiger partial charge on any atom is -0.439 e. The van der Waals surface area contributed by atoms with Crippen LogP contribution >= 0.6 is 0 Å². The van der Waals surface area contributed by atoms with Crippen molar-refractivity contribution in [3.8, 4) is 0 Å². The summed E-state index contributed by atoms with van der Waals surface area (Å²) in [5.41, 5.74) is 0.882. The van der Waals surface area contributed by atoms with Gasteiger partial charge in [0.1, 0.15) is 12.2 Å². The van der Waals surface area contributed by atoms with Crippen LogP contribution in [-0.4, -0.2) is 35.7 Å². The number of nitrogens with zero attached hydrogens (tertiary/aromatic N) is 1. The van der Waals surface area contributed by atoms with Crippen LogP contribution in [0.4, 0.5) is 4.79 Å². The van der Waals surface area contributed by atoms with E-state index in [4.69, 9.17) is 9.47 Å². The molecule has 3 atom stereocenters. The molecule has 0 N–H and O–H groups in total. The zero-order valence-corrected chi connectivity index (χ0v) is 11.9. The van der Waals surface area contributed by atoms with Crippen LogP contribution in [0.2, 0.25) is 0 Å². The highest BCUT2D eigenvalue weighted by Gasteiger charge is 2.44. The molecule has 2 rings (SSSR count). The monoisotopic (exact) mass is 277 g/mol. The molecule has 0 saturated carbocycles. The zero-order valence-electron chi connectivity index (χ0n) is 11.9. The fourth-order valence-corrected chi connectivity index (χ4v) is 2.36. The molecule has 1 aromatic carbocycles. The predicted molar refractivity (Wildman–Crippen MR) is 73.1 cm³/mol. The average Bonchev–Trinajstić information content (AvgIpc) is 2.74. The topological polar surface area (TPSA) is 55.8 Å². The number of carbonyl (C=O) groups excluding carboxylic acids is 2. The number of carbonyl (C=O) groups is 2. The maximum absolute atomic E-state index is 12.2. The van der Waals surface area contributed by atoms with E-state index in [0.717, 1.165) is 10.5 Å². The van der Waals surface area contributed by atoms with Crippen molar-refractivity contribution in [2.45, 2.75) is 39.0 Å². The third kappa shape index (κ3) is 2.67. The number of benzene rings is 1. The van der Waals surface area contributed by atoms with Gasteiger partial charge in [0.15, 0.2) is 0 Å². The molecular formula is C15H19NO4. The Bertz CT molecular complexity index is 488. The van der Waals surface area contributed by atoms with Crippen LogP contribution in [0.15, 0.2) is 30.3 Å². The van der Waals surface area contributed by atoms with Crippen molar-refractivity contribution in [3.05, 3.63) is 35.9 Å². The number of imide groups is 1. The fraction of sp³-hybridized carbons (Fsp3) is 0.467. The molecule has 108 valence electrons. The summed E-state index contributed by atoms with van der Waals surface area (Å²) in [5.74, 6) is -0.359. The molecule has 1 saturated heterocycles. The van der Waals surface area contributed by atoms with E-state index < -0.39 is 18.3 Å². The standard InChI is InChI=1S/C15H19NO4/c1-4-19-11(3)14(17)16-10(2)13(20-15(16)18)12-8-6-5-7-9-12/h5-11,13H,4H2,1-3H3/t10-,11?,13-/m1/s1. The Hall–Kier alpha value is -1.88. The average molecular weight is 277 g/mol. The SMILES string of the molecule is CCOC(C)C(=O)N1C(=O)O[C@@H](c2ccccc2)[C@H]1C. The van der Waals surface area contributed by atoms with Crippen molar-refractivity contribution in [3.63, 3.8) is 0 Å². The van der Waals surface area contributed by atoms with Gasteiger partial charge in [-0.25, -0.2) is 9.69 Å². The van der Waals surface area contributed by atoms with Crippen LogP contribution in [0.1, 0.15) is 32.4 Å². The molecule has 1 aromatic rings.